The Morgan fingerprint density at radius 3 is 1.64 bits per heavy atom. The number of hydrogen-bond donors (Lipinski definition) is 0. The highest BCUT2D eigenvalue weighted by Crippen LogP contribution is 2.53. The molecule has 276 valence electrons. The van der Waals surface area contributed by atoms with Gasteiger partial charge in [0.2, 0.25) is 0 Å². The summed E-state index contributed by atoms with van der Waals surface area (Å²) < 4.78 is 2.50. The molecule has 12 rings (SSSR count). The Morgan fingerprint density at radius 2 is 0.914 bits per heavy atom. The van der Waals surface area contributed by atoms with E-state index in [1.165, 1.54) is 93.5 Å². The molecule has 2 heteroatoms. The monoisotopic (exact) mass is 742 g/mol. The average Bonchev–Trinajstić information content (AvgIpc) is 3.70. The minimum atomic E-state index is -0.196. The first-order valence-corrected chi connectivity index (χ1v) is 20.5. The van der Waals surface area contributed by atoms with Crippen molar-refractivity contribution in [3.05, 3.63) is 204 Å². The molecule has 1 aliphatic heterocycles. The number of para-hydroxylation sites is 2. The van der Waals surface area contributed by atoms with Crippen LogP contribution in [0.2, 0.25) is 0 Å². The maximum Gasteiger partial charge on any atom is 0.0582 e. The van der Waals surface area contributed by atoms with Crippen molar-refractivity contribution >= 4 is 60.4 Å². The van der Waals surface area contributed by atoms with Gasteiger partial charge in [-0.2, -0.15) is 0 Å². The quantitative estimate of drug-likeness (QED) is 0.174. The van der Waals surface area contributed by atoms with Crippen LogP contribution in [0.5, 0.6) is 0 Å². The Labute approximate surface area is 339 Å². The van der Waals surface area contributed by atoms with Crippen molar-refractivity contribution in [2.75, 3.05) is 4.90 Å². The molecule has 9 aromatic carbocycles. The van der Waals surface area contributed by atoms with Crippen LogP contribution in [0.4, 0.5) is 17.1 Å². The lowest BCUT2D eigenvalue weighted by Gasteiger charge is -2.34. The smallest absolute Gasteiger partial charge is 0.0582 e. The maximum absolute atomic E-state index is 2.50. The first kappa shape index (κ1) is 33.3. The molecule has 0 N–H and O–H groups in total. The number of benzene rings is 9. The molecule has 0 saturated heterocycles. The van der Waals surface area contributed by atoms with Crippen molar-refractivity contribution in [1.29, 1.82) is 0 Å². The summed E-state index contributed by atoms with van der Waals surface area (Å²) in [6, 6.07) is 68.1. The summed E-state index contributed by atoms with van der Waals surface area (Å²) in [7, 11) is 0. The molecule has 58 heavy (non-hydrogen) atoms. The van der Waals surface area contributed by atoms with Crippen molar-refractivity contribution in [1.82, 2.24) is 4.57 Å². The summed E-state index contributed by atoms with van der Waals surface area (Å²) in [6.07, 6.45) is 0. The fraction of sp³-hybridized carbons (Fsp3) is 0.107. The van der Waals surface area contributed by atoms with Crippen LogP contribution in [-0.2, 0) is 10.8 Å². The van der Waals surface area contributed by atoms with Crippen LogP contribution >= 0.6 is 0 Å². The maximum atomic E-state index is 2.50. The third-order valence-corrected chi connectivity index (χ3v) is 13.5. The van der Waals surface area contributed by atoms with E-state index in [9.17, 15) is 0 Å². The zero-order valence-electron chi connectivity index (χ0n) is 33.2. The molecule has 0 saturated carbocycles. The SMILES string of the molecule is CC1(C)c2cc(-c3ccc4c(c3)c3cccc5c3n4-c3ccccc3C5(C)C)ccc2-c2ccc(N(c3ccc4ccccc4c3)c3ccc4ccccc4c3)cc21. The van der Waals surface area contributed by atoms with Crippen LogP contribution in [0.15, 0.2) is 182 Å². The lowest BCUT2D eigenvalue weighted by Crippen LogP contribution is -2.26. The van der Waals surface area contributed by atoms with Crippen molar-refractivity contribution in [2.24, 2.45) is 0 Å². The van der Waals surface area contributed by atoms with Crippen molar-refractivity contribution in [2.45, 2.75) is 38.5 Å². The van der Waals surface area contributed by atoms with E-state index in [0.717, 1.165) is 17.1 Å². The molecule has 0 unspecified atom stereocenters. The van der Waals surface area contributed by atoms with E-state index in [2.05, 4.69) is 219 Å². The topological polar surface area (TPSA) is 8.17 Å². The van der Waals surface area contributed by atoms with Crippen LogP contribution in [0.25, 0.3) is 71.3 Å². The number of nitrogens with zero attached hydrogens (tertiary/aromatic N) is 2. The first-order valence-electron chi connectivity index (χ1n) is 20.5. The summed E-state index contributed by atoms with van der Waals surface area (Å²) in [6.45, 7) is 9.53. The van der Waals surface area contributed by atoms with Gasteiger partial charge in [0.25, 0.3) is 0 Å². The van der Waals surface area contributed by atoms with Crippen LogP contribution in [0.3, 0.4) is 0 Å². The number of aromatic nitrogens is 1. The van der Waals surface area contributed by atoms with Gasteiger partial charge in [-0.05, 0) is 127 Å². The zero-order chi connectivity index (χ0) is 38.9. The number of rotatable bonds is 4. The second-order valence-corrected chi connectivity index (χ2v) is 17.4. The molecule has 0 amide bonds. The van der Waals surface area contributed by atoms with Crippen LogP contribution in [-0.4, -0.2) is 4.57 Å². The average molecular weight is 743 g/mol. The molecular weight excluding hydrogens is 701 g/mol. The summed E-state index contributed by atoms with van der Waals surface area (Å²) in [5, 5.41) is 7.58. The first-order chi connectivity index (χ1) is 28.3. The lowest BCUT2D eigenvalue weighted by molar-refractivity contribution is 0.630. The Kier molecular flexibility index (Phi) is 6.78. The summed E-state index contributed by atoms with van der Waals surface area (Å²) in [5.41, 5.74) is 17.7. The van der Waals surface area contributed by atoms with E-state index >= 15 is 0 Å². The Morgan fingerprint density at radius 1 is 0.379 bits per heavy atom. The van der Waals surface area contributed by atoms with Crippen LogP contribution in [0.1, 0.15) is 49.9 Å². The predicted octanol–water partition coefficient (Wildman–Crippen LogP) is 15.2. The second kappa shape index (κ2) is 11.8. The van der Waals surface area contributed by atoms with E-state index < -0.39 is 0 Å². The molecule has 0 spiro atoms. The Hall–Kier alpha value is -6.90. The standard InChI is InChI=1S/C56H42N2/c1-55(2)48-17-9-10-19-53(48)58-52-29-23-39(32-47(52)46-16-11-18-49(55)54(46)58)40-22-27-44-45-28-26-43(34-51(45)56(3,4)50(44)33-40)57(41-24-20-35-12-5-7-14-37(35)30-41)42-25-21-36-13-6-8-15-38(36)31-42/h5-34H,1-4H3. The van der Waals surface area contributed by atoms with Crippen LogP contribution < -0.4 is 4.90 Å². The van der Waals surface area contributed by atoms with E-state index in [0.29, 0.717) is 0 Å². The number of fused-ring (bicyclic) bond motifs is 10. The van der Waals surface area contributed by atoms with Crippen molar-refractivity contribution in [3.8, 4) is 27.9 Å². The highest BCUT2D eigenvalue weighted by atomic mass is 15.1. The van der Waals surface area contributed by atoms with Gasteiger partial charge in [0.1, 0.15) is 0 Å². The largest absolute Gasteiger partial charge is 0.310 e. The molecule has 0 bridgehead atoms. The molecule has 2 nitrogen and oxygen atoms in total. The highest BCUT2D eigenvalue weighted by Gasteiger charge is 2.37. The van der Waals surface area contributed by atoms with Crippen LogP contribution in [0, 0.1) is 0 Å². The second-order valence-electron chi connectivity index (χ2n) is 17.4. The van der Waals surface area contributed by atoms with Crippen molar-refractivity contribution < 1.29 is 0 Å². The summed E-state index contributed by atoms with van der Waals surface area (Å²) in [4.78, 5) is 2.43. The predicted molar refractivity (Wildman–Crippen MR) is 246 cm³/mol. The number of anilines is 3. The van der Waals surface area contributed by atoms with Gasteiger partial charge >= 0.3 is 0 Å². The summed E-state index contributed by atoms with van der Waals surface area (Å²) >= 11 is 0. The minimum Gasteiger partial charge on any atom is -0.310 e. The molecule has 10 aromatic rings. The fourth-order valence-corrected chi connectivity index (χ4v) is 10.5. The highest BCUT2D eigenvalue weighted by molar-refractivity contribution is 6.12. The fourth-order valence-electron chi connectivity index (χ4n) is 10.5. The molecule has 0 atom stereocenters. The van der Waals surface area contributed by atoms with Gasteiger partial charge < -0.3 is 9.47 Å². The minimum absolute atomic E-state index is 0.0777. The zero-order valence-corrected chi connectivity index (χ0v) is 33.2. The number of hydrogen-bond acceptors (Lipinski definition) is 1. The van der Waals surface area contributed by atoms with Gasteiger partial charge in [-0.3, -0.25) is 0 Å². The molecule has 1 aliphatic carbocycles. The summed E-state index contributed by atoms with van der Waals surface area (Å²) in [5.74, 6) is 0. The van der Waals surface area contributed by atoms with Gasteiger partial charge in [0, 0.05) is 38.7 Å². The normalized spacial score (nSPS) is 14.5. The van der Waals surface area contributed by atoms with Gasteiger partial charge in [0.15, 0.2) is 0 Å². The van der Waals surface area contributed by atoms with Crippen molar-refractivity contribution in [3.63, 3.8) is 0 Å². The third kappa shape index (κ3) is 4.60. The van der Waals surface area contributed by atoms with Gasteiger partial charge in [-0.25, -0.2) is 0 Å². The molecular formula is C56H42N2. The van der Waals surface area contributed by atoms with E-state index in [1.54, 1.807) is 0 Å². The van der Waals surface area contributed by atoms with Gasteiger partial charge in [-0.15, -0.1) is 0 Å². The van der Waals surface area contributed by atoms with E-state index in [4.69, 9.17) is 0 Å². The van der Waals surface area contributed by atoms with Gasteiger partial charge in [-0.1, -0.05) is 149 Å². The van der Waals surface area contributed by atoms with E-state index in [-0.39, 0.29) is 10.8 Å². The molecule has 0 fully saturated rings. The Bertz CT molecular complexity index is 3280. The van der Waals surface area contributed by atoms with Gasteiger partial charge in [0.05, 0.1) is 16.7 Å². The van der Waals surface area contributed by atoms with E-state index in [1.807, 2.05) is 0 Å². The molecule has 2 heterocycles. The Balaban J connectivity index is 0.976. The third-order valence-electron chi connectivity index (χ3n) is 13.5. The molecule has 1 aromatic heterocycles. The molecule has 0 radical (unpaired) electrons. The molecule has 2 aliphatic rings. The lowest BCUT2D eigenvalue weighted by atomic mass is 9.75.